The maximum absolute atomic E-state index is 9.77. The molecule has 0 amide bonds. The van der Waals surface area contributed by atoms with Crippen LogP contribution in [0.1, 0.15) is 31.7 Å². The SMILES string of the molecule is CC(C)C(O)CCCc1nc(-c2ccccc2)cs1. The summed E-state index contributed by atoms with van der Waals surface area (Å²) in [5.74, 6) is 0.344. The number of aliphatic hydroxyl groups excluding tert-OH is 1. The fourth-order valence-corrected chi connectivity index (χ4v) is 2.81. The van der Waals surface area contributed by atoms with Crippen LogP contribution in [0, 0.1) is 5.92 Å². The van der Waals surface area contributed by atoms with Crippen molar-refractivity contribution < 1.29 is 5.11 Å². The van der Waals surface area contributed by atoms with Crippen molar-refractivity contribution in [2.45, 2.75) is 39.2 Å². The molecule has 0 radical (unpaired) electrons. The summed E-state index contributed by atoms with van der Waals surface area (Å²) in [5.41, 5.74) is 2.23. The van der Waals surface area contributed by atoms with Crippen LogP contribution in [0.5, 0.6) is 0 Å². The van der Waals surface area contributed by atoms with Crippen molar-refractivity contribution in [3.05, 3.63) is 40.7 Å². The molecule has 2 rings (SSSR count). The number of rotatable bonds is 6. The van der Waals surface area contributed by atoms with Crippen LogP contribution in [0.2, 0.25) is 0 Å². The molecule has 1 N–H and O–H groups in total. The molecule has 0 spiro atoms. The van der Waals surface area contributed by atoms with Crippen LogP contribution in [0.15, 0.2) is 35.7 Å². The van der Waals surface area contributed by atoms with Crippen molar-refractivity contribution in [1.29, 1.82) is 0 Å². The van der Waals surface area contributed by atoms with Crippen molar-refractivity contribution in [2.24, 2.45) is 5.92 Å². The van der Waals surface area contributed by atoms with Crippen molar-refractivity contribution in [1.82, 2.24) is 4.98 Å². The average Bonchev–Trinajstić information content (AvgIpc) is 2.88. The Hall–Kier alpha value is -1.19. The smallest absolute Gasteiger partial charge is 0.0932 e. The summed E-state index contributed by atoms with van der Waals surface area (Å²) >= 11 is 1.71. The van der Waals surface area contributed by atoms with Gasteiger partial charge >= 0.3 is 0 Å². The highest BCUT2D eigenvalue weighted by molar-refractivity contribution is 7.09. The third-order valence-electron chi connectivity index (χ3n) is 3.28. The molecule has 0 bridgehead atoms. The van der Waals surface area contributed by atoms with Gasteiger partial charge in [0.2, 0.25) is 0 Å². The Bertz CT molecular complexity index is 492. The van der Waals surface area contributed by atoms with E-state index in [-0.39, 0.29) is 6.10 Å². The third-order valence-corrected chi connectivity index (χ3v) is 4.19. The van der Waals surface area contributed by atoms with E-state index in [1.807, 2.05) is 18.2 Å². The first-order valence-electron chi connectivity index (χ1n) is 6.84. The molecule has 0 aliphatic carbocycles. The van der Waals surface area contributed by atoms with Crippen LogP contribution in [-0.4, -0.2) is 16.2 Å². The van der Waals surface area contributed by atoms with E-state index in [1.54, 1.807) is 11.3 Å². The van der Waals surface area contributed by atoms with Crippen LogP contribution in [0.4, 0.5) is 0 Å². The van der Waals surface area contributed by atoms with E-state index in [9.17, 15) is 5.11 Å². The molecular weight excluding hydrogens is 254 g/mol. The van der Waals surface area contributed by atoms with E-state index >= 15 is 0 Å². The molecule has 2 nitrogen and oxygen atoms in total. The van der Waals surface area contributed by atoms with Gasteiger partial charge in [0, 0.05) is 10.9 Å². The van der Waals surface area contributed by atoms with Gasteiger partial charge in [-0.25, -0.2) is 4.98 Å². The van der Waals surface area contributed by atoms with Gasteiger partial charge in [-0.1, -0.05) is 44.2 Å². The highest BCUT2D eigenvalue weighted by Crippen LogP contribution is 2.22. The normalized spacial score (nSPS) is 12.8. The first-order chi connectivity index (χ1) is 9.16. The number of thiazole rings is 1. The molecule has 0 saturated heterocycles. The average molecular weight is 275 g/mol. The fourth-order valence-electron chi connectivity index (χ4n) is 1.96. The lowest BCUT2D eigenvalue weighted by Gasteiger charge is -2.13. The number of aromatic nitrogens is 1. The van der Waals surface area contributed by atoms with Gasteiger partial charge in [0.25, 0.3) is 0 Å². The largest absolute Gasteiger partial charge is 0.393 e. The Morgan fingerprint density at radius 1 is 1.21 bits per heavy atom. The maximum atomic E-state index is 9.77. The van der Waals surface area contributed by atoms with Crippen molar-refractivity contribution in [3.63, 3.8) is 0 Å². The zero-order valence-electron chi connectivity index (χ0n) is 11.5. The van der Waals surface area contributed by atoms with Gasteiger partial charge in [0.05, 0.1) is 16.8 Å². The predicted octanol–water partition coefficient (Wildman–Crippen LogP) is 4.15. The van der Waals surface area contributed by atoms with Gasteiger partial charge in [-0.3, -0.25) is 0 Å². The quantitative estimate of drug-likeness (QED) is 0.859. The van der Waals surface area contributed by atoms with Crippen molar-refractivity contribution >= 4 is 11.3 Å². The van der Waals surface area contributed by atoms with E-state index < -0.39 is 0 Å². The molecule has 1 heterocycles. The van der Waals surface area contributed by atoms with Gasteiger partial charge < -0.3 is 5.11 Å². The van der Waals surface area contributed by atoms with Gasteiger partial charge in [-0.05, 0) is 25.2 Å². The van der Waals surface area contributed by atoms with Gasteiger partial charge in [-0.2, -0.15) is 0 Å². The number of aryl methyl sites for hydroxylation is 1. The maximum Gasteiger partial charge on any atom is 0.0932 e. The zero-order chi connectivity index (χ0) is 13.7. The highest BCUT2D eigenvalue weighted by Gasteiger charge is 2.09. The summed E-state index contributed by atoms with van der Waals surface area (Å²) in [6, 6.07) is 10.3. The van der Waals surface area contributed by atoms with Crippen LogP contribution < -0.4 is 0 Å². The fraction of sp³-hybridized carbons (Fsp3) is 0.438. The predicted molar refractivity (Wildman–Crippen MR) is 81.3 cm³/mol. The number of aliphatic hydroxyl groups is 1. The van der Waals surface area contributed by atoms with Crippen LogP contribution in [0.25, 0.3) is 11.3 Å². The van der Waals surface area contributed by atoms with E-state index in [0.717, 1.165) is 30.0 Å². The van der Waals surface area contributed by atoms with Crippen molar-refractivity contribution in [3.8, 4) is 11.3 Å². The van der Waals surface area contributed by atoms with E-state index in [2.05, 4.69) is 36.3 Å². The lowest BCUT2D eigenvalue weighted by Crippen LogP contribution is -2.14. The molecule has 0 fully saturated rings. The van der Waals surface area contributed by atoms with Crippen LogP contribution in [0.3, 0.4) is 0 Å². The highest BCUT2D eigenvalue weighted by atomic mass is 32.1. The number of hydrogen-bond acceptors (Lipinski definition) is 3. The first kappa shape index (κ1) is 14.2. The molecule has 2 aromatic rings. The molecular formula is C16H21NOS. The second kappa shape index (κ2) is 6.83. The molecule has 1 atom stereocenters. The van der Waals surface area contributed by atoms with E-state index in [0.29, 0.717) is 5.92 Å². The van der Waals surface area contributed by atoms with Gasteiger partial charge in [-0.15, -0.1) is 11.3 Å². The summed E-state index contributed by atoms with van der Waals surface area (Å²) in [6.45, 7) is 4.11. The second-order valence-electron chi connectivity index (χ2n) is 5.20. The summed E-state index contributed by atoms with van der Waals surface area (Å²) in [4.78, 5) is 4.66. The number of benzene rings is 1. The number of hydrogen-bond donors (Lipinski definition) is 1. The van der Waals surface area contributed by atoms with Crippen LogP contribution in [-0.2, 0) is 6.42 Å². The minimum Gasteiger partial charge on any atom is -0.393 e. The van der Waals surface area contributed by atoms with Crippen molar-refractivity contribution in [2.75, 3.05) is 0 Å². The molecule has 1 unspecified atom stereocenters. The van der Waals surface area contributed by atoms with Gasteiger partial charge in [0.1, 0.15) is 0 Å². The summed E-state index contributed by atoms with van der Waals surface area (Å²) in [6.07, 6.45) is 2.63. The molecule has 0 aliphatic rings. The summed E-state index contributed by atoms with van der Waals surface area (Å²) in [5, 5.41) is 13.0. The minimum atomic E-state index is -0.187. The Kier molecular flexibility index (Phi) is 5.11. The topological polar surface area (TPSA) is 33.1 Å². The minimum absolute atomic E-state index is 0.187. The van der Waals surface area contributed by atoms with E-state index in [4.69, 9.17) is 0 Å². The van der Waals surface area contributed by atoms with Gasteiger partial charge in [0.15, 0.2) is 0 Å². The molecule has 0 aliphatic heterocycles. The Balaban J connectivity index is 1.88. The Morgan fingerprint density at radius 2 is 1.95 bits per heavy atom. The molecule has 0 saturated carbocycles. The zero-order valence-corrected chi connectivity index (χ0v) is 12.4. The first-order valence-corrected chi connectivity index (χ1v) is 7.72. The van der Waals surface area contributed by atoms with E-state index in [1.165, 1.54) is 5.56 Å². The monoisotopic (exact) mass is 275 g/mol. The lowest BCUT2D eigenvalue weighted by atomic mass is 10.0. The third kappa shape index (κ3) is 4.15. The lowest BCUT2D eigenvalue weighted by molar-refractivity contribution is 0.114. The molecule has 1 aromatic heterocycles. The molecule has 19 heavy (non-hydrogen) atoms. The molecule has 102 valence electrons. The second-order valence-corrected chi connectivity index (χ2v) is 6.14. The Labute approximate surface area is 119 Å². The standard InChI is InChI=1S/C16H21NOS/c1-12(2)15(18)9-6-10-16-17-14(11-19-16)13-7-4-3-5-8-13/h3-5,7-8,11-12,15,18H,6,9-10H2,1-2H3. The Morgan fingerprint density at radius 3 is 2.63 bits per heavy atom. The number of nitrogens with zero attached hydrogens (tertiary/aromatic N) is 1. The molecule has 1 aromatic carbocycles. The molecule has 3 heteroatoms. The summed E-state index contributed by atoms with van der Waals surface area (Å²) in [7, 11) is 0. The van der Waals surface area contributed by atoms with Crippen LogP contribution >= 0.6 is 11.3 Å². The summed E-state index contributed by atoms with van der Waals surface area (Å²) < 4.78 is 0.